The van der Waals surface area contributed by atoms with Crippen LogP contribution in [0.2, 0.25) is 0 Å². The Morgan fingerprint density at radius 2 is 2.00 bits per heavy atom. The van der Waals surface area contributed by atoms with Gasteiger partial charge in [-0.05, 0) is 18.4 Å². The second kappa shape index (κ2) is 5.85. The van der Waals surface area contributed by atoms with Gasteiger partial charge >= 0.3 is 5.97 Å². The van der Waals surface area contributed by atoms with Gasteiger partial charge < -0.3 is 4.74 Å². The second-order valence-corrected chi connectivity index (χ2v) is 4.75. The third kappa shape index (κ3) is 3.09. The number of benzene rings is 1. The van der Waals surface area contributed by atoms with E-state index in [1.54, 1.807) is 0 Å². The highest BCUT2D eigenvalue weighted by molar-refractivity contribution is 5.73. The van der Waals surface area contributed by atoms with Crippen LogP contribution >= 0.6 is 0 Å². The van der Waals surface area contributed by atoms with Crippen LogP contribution in [0.4, 0.5) is 0 Å². The molecule has 1 aliphatic heterocycles. The smallest absolute Gasteiger partial charge is 0.306 e. The molecule has 1 aliphatic rings. The topological polar surface area (TPSA) is 26.3 Å². The van der Waals surface area contributed by atoms with Gasteiger partial charge in [-0.2, -0.15) is 0 Å². The standard InChI is InChI=1S/C15H20O2/c1-2-3-5-10-14-13(11-15(16)17-14)12-8-6-4-7-9-12/h4,6-9,13-14H,2-3,5,10-11H2,1H3/t13-,14-/m1/s1. The maximum Gasteiger partial charge on any atom is 0.306 e. The van der Waals surface area contributed by atoms with Gasteiger partial charge in [-0.1, -0.05) is 50.1 Å². The van der Waals surface area contributed by atoms with Gasteiger partial charge in [-0.15, -0.1) is 0 Å². The summed E-state index contributed by atoms with van der Waals surface area (Å²) in [6.07, 6.45) is 5.21. The fourth-order valence-electron chi connectivity index (χ4n) is 2.50. The number of cyclic esters (lactones) is 1. The van der Waals surface area contributed by atoms with Gasteiger partial charge in [0.1, 0.15) is 6.10 Å². The summed E-state index contributed by atoms with van der Waals surface area (Å²) in [7, 11) is 0. The maximum atomic E-state index is 11.4. The number of rotatable bonds is 5. The van der Waals surface area contributed by atoms with E-state index in [9.17, 15) is 4.79 Å². The van der Waals surface area contributed by atoms with E-state index >= 15 is 0 Å². The molecule has 0 saturated carbocycles. The predicted molar refractivity (Wildman–Crippen MR) is 67.8 cm³/mol. The monoisotopic (exact) mass is 232 g/mol. The zero-order chi connectivity index (χ0) is 12.1. The molecular weight excluding hydrogens is 212 g/mol. The average molecular weight is 232 g/mol. The molecule has 2 heteroatoms. The van der Waals surface area contributed by atoms with Crippen LogP contribution in [-0.2, 0) is 9.53 Å². The zero-order valence-corrected chi connectivity index (χ0v) is 10.4. The first-order chi connectivity index (χ1) is 8.31. The summed E-state index contributed by atoms with van der Waals surface area (Å²) >= 11 is 0. The van der Waals surface area contributed by atoms with Crippen LogP contribution in [0.25, 0.3) is 0 Å². The average Bonchev–Trinajstić information content (AvgIpc) is 2.72. The molecule has 0 aromatic heterocycles. The molecule has 0 amide bonds. The molecule has 0 bridgehead atoms. The summed E-state index contributed by atoms with van der Waals surface area (Å²) in [5, 5.41) is 0. The highest BCUT2D eigenvalue weighted by Crippen LogP contribution is 2.34. The Balaban J connectivity index is 2.01. The molecular formula is C15H20O2. The van der Waals surface area contributed by atoms with Crippen LogP contribution in [-0.4, -0.2) is 12.1 Å². The van der Waals surface area contributed by atoms with Crippen LogP contribution in [0.3, 0.4) is 0 Å². The minimum absolute atomic E-state index is 0.0413. The largest absolute Gasteiger partial charge is 0.462 e. The van der Waals surface area contributed by atoms with Crippen LogP contribution in [0.5, 0.6) is 0 Å². The van der Waals surface area contributed by atoms with E-state index in [0.29, 0.717) is 6.42 Å². The lowest BCUT2D eigenvalue weighted by atomic mass is 9.90. The Morgan fingerprint density at radius 1 is 1.24 bits per heavy atom. The fraction of sp³-hybridized carbons (Fsp3) is 0.533. The van der Waals surface area contributed by atoms with Crippen LogP contribution < -0.4 is 0 Å². The number of carbonyl (C=O) groups is 1. The molecule has 2 atom stereocenters. The van der Waals surface area contributed by atoms with Crippen molar-refractivity contribution in [2.24, 2.45) is 0 Å². The minimum Gasteiger partial charge on any atom is -0.462 e. The van der Waals surface area contributed by atoms with Crippen molar-refractivity contribution in [2.75, 3.05) is 0 Å². The van der Waals surface area contributed by atoms with E-state index in [1.807, 2.05) is 18.2 Å². The Bertz CT molecular complexity index is 358. The number of carbonyl (C=O) groups excluding carboxylic acids is 1. The fourth-order valence-corrected chi connectivity index (χ4v) is 2.50. The first-order valence-corrected chi connectivity index (χ1v) is 6.55. The molecule has 0 aliphatic carbocycles. The van der Waals surface area contributed by atoms with E-state index in [4.69, 9.17) is 4.74 Å². The molecule has 2 rings (SSSR count). The quantitative estimate of drug-likeness (QED) is 0.572. The maximum absolute atomic E-state index is 11.4. The van der Waals surface area contributed by atoms with Gasteiger partial charge in [-0.3, -0.25) is 4.79 Å². The normalized spacial score (nSPS) is 23.7. The van der Waals surface area contributed by atoms with E-state index in [2.05, 4.69) is 19.1 Å². The molecule has 17 heavy (non-hydrogen) atoms. The van der Waals surface area contributed by atoms with Gasteiger partial charge in [0, 0.05) is 5.92 Å². The molecule has 92 valence electrons. The summed E-state index contributed by atoms with van der Waals surface area (Å²) < 4.78 is 5.44. The van der Waals surface area contributed by atoms with Crippen molar-refractivity contribution in [2.45, 2.75) is 51.0 Å². The SMILES string of the molecule is CCCCC[C@H]1OC(=O)C[C@@H]1c1ccccc1. The third-order valence-corrected chi connectivity index (χ3v) is 3.44. The lowest BCUT2D eigenvalue weighted by Crippen LogP contribution is -2.14. The third-order valence-electron chi connectivity index (χ3n) is 3.44. The summed E-state index contributed by atoms with van der Waals surface area (Å²) in [4.78, 5) is 11.4. The zero-order valence-electron chi connectivity index (χ0n) is 10.4. The van der Waals surface area contributed by atoms with Crippen molar-refractivity contribution < 1.29 is 9.53 Å². The molecule has 0 radical (unpaired) electrons. The van der Waals surface area contributed by atoms with Gasteiger partial charge in [0.15, 0.2) is 0 Å². The van der Waals surface area contributed by atoms with Gasteiger partial charge in [0.2, 0.25) is 0 Å². The molecule has 0 spiro atoms. The first kappa shape index (κ1) is 12.2. The van der Waals surface area contributed by atoms with Crippen LogP contribution in [0.15, 0.2) is 30.3 Å². The van der Waals surface area contributed by atoms with Crippen molar-refractivity contribution in [1.29, 1.82) is 0 Å². The lowest BCUT2D eigenvalue weighted by molar-refractivity contribution is -0.141. The summed E-state index contributed by atoms with van der Waals surface area (Å²) in [5.41, 5.74) is 1.24. The van der Waals surface area contributed by atoms with Gasteiger partial charge in [-0.25, -0.2) is 0 Å². The molecule has 1 saturated heterocycles. The molecule has 1 heterocycles. The Hall–Kier alpha value is -1.31. The van der Waals surface area contributed by atoms with Gasteiger partial charge in [0.05, 0.1) is 6.42 Å². The van der Waals surface area contributed by atoms with Crippen molar-refractivity contribution in [3.8, 4) is 0 Å². The molecule has 1 aromatic carbocycles. The molecule has 2 nitrogen and oxygen atoms in total. The lowest BCUT2D eigenvalue weighted by Gasteiger charge is -2.17. The Morgan fingerprint density at radius 3 is 2.71 bits per heavy atom. The molecule has 0 unspecified atom stereocenters. The summed E-state index contributed by atoms with van der Waals surface area (Å²) in [5.74, 6) is 0.223. The highest BCUT2D eigenvalue weighted by Gasteiger charge is 2.34. The number of esters is 1. The van der Waals surface area contributed by atoms with Crippen molar-refractivity contribution in [1.82, 2.24) is 0 Å². The Labute approximate surface area is 103 Å². The van der Waals surface area contributed by atoms with Crippen LogP contribution in [0, 0.1) is 0 Å². The van der Waals surface area contributed by atoms with E-state index < -0.39 is 0 Å². The highest BCUT2D eigenvalue weighted by atomic mass is 16.5. The molecule has 0 N–H and O–H groups in total. The second-order valence-electron chi connectivity index (χ2n) is 4.75. The number of hydrogen-bond acceptors (Lipinski definition) is 2. The molecule has 1 aromatic rings. The first-order valence-electron chi connectivity index (χ1n) is 6.55. The van der Waals surface area contributed by atoms with E-state index in [-0.39, 0.29) is 18.0 Å². The molecule has 1 fully saturated rings. The van der Waals surface area contributed by atoms with Crippen molar-refractivity contribution >= 4 is 5.97 Å². The van der Waals surface area contributed by atoms with Gasteiger partial charge in [0.25, 0.3) is 0 Å². The van der Waals surface area contributed by atoms with E-state index in [1.165, 1.54) is 18.4 Å². The number of unbranched alkanes of at least 4 members (excludes halogenated alkanes) is 2. The van der Waals surface area contributed by atoms with Crippen molar-refractivity contribution in [3.05, 3.63) is 35.9 Å². The minimum atomic E-state index is -0.0413. The Kier molecular flexibility index (Phi) is 4.18. The summed E-state index contributed by atoms with van der Waals surface area (Å²) in [6, 6.07) is 10.3. The summed E-state index contributed by atoms with van der Waals surface area (Å²) in [6.45, 7) is 2.19. The van der Waals surface area contributed by atoms with Crippen molar-refractivity contribution in [3.63, 3.8) is 0 Å². The van der Waals surface area contributed by atoms with E-state index in [0.717, 1.165) is 12.8 Å². The van der Waals surface area contributed by atoms with Crippen LogP contribution in [0.1, 0.15) is 50.5 Å². The number of hydrogen-bond donors (Lipinski definition) is 0. The number of ether oxygens (including phenoxy) is 1. The predicted octanol–water partition coefficient (Wildman–Crippen LogP) is 3.67.